The standard InChI is InChI=1S/C13H15ClN4O2/c14-9-3-1-8(2-4-9)12-16-17-13(20-12)18-6-5-10(15)11(19)7-18/h1-4,10-11,19H,5-7,15H2/t10-,11-/m1/s1. The molecule has 7 heteroatoms. The Kier molecular flexibility index (Phi) is 3.60. The van der Waals surface area contributed by atoms with Crippen molar-refractivity contribution in [3.8, 4) is 11.5 Å². The molecule has 3 rings (SSSR count). The quantitative estimate of drug-likeness (QED) is 0.867. The van der Waals surface area contributed by atoms with Crippen molar-refractivity contribution in [2.45, 2.75) is 18.6 Å². The van der Waals surface area contributed by atoms with E-state index >= 15 is 0 Å². The molecule has 6 nitrogen and oxygen atoms in total. The van der Waals surface area contributed by atoms with Crippen LogP contribution in [0.4, 0.5) is 6.01 Å². The number of hydrogen-bond donors (Lipinski definition) is 2. The molecule has 0 radical (unpaired) electrons. The van der Waals surface area contributed by atoms with E-state index in [2.05, 4.69) is 10.2 Å². The number of hydrogen-bond acceptors (Lipinski definition) is 6. The molecule has 1 saturated heterocycles. The van der Waals surface area contributed by atoms with Gasteiger partial charge in [0.2, 0.25) is 5.89 Å². The summed E-state index contributed by atoms with van der Waals surface area (Å²) in [5, 5.41) is 18.5. The second-order valence-electron chi connectivity index (χ2n) is 4.86. The first kappa shape index (κ1) is 13.4. The van der Waals surface area contributed by atoms with Crippen LogP contribution in [0.15, 0.2) is 28.7 Å². The summed E-state index contributed by atoms with van der Waals surface area (Å²) in [6, 6.07) is 7.39. The van der Waals surface area contributed by atoms with Crippen LogP contribution in [-0.2, 0) is 0 Å². The van der Waals surface area contributed by atoms with Crippen LogP contribution in [0.2, 0.25) is 5.02 Å². The summed E-state index contributed by atoms with van der Waals surface area (Å²) in [6.07, 6.45) is 0.120. The largest absolute Gasteiger partial charge is 0.403 e. The third kappa shape index (κ3) is 2.63. The molecule has 1 aliphatic rings. The average molecular weight is 295 g/mol. The minimum atomic E-state index is -0.574. The van der Waals surface area contributed by atoms with Gasteiger partial charge in [-0.05, 0) is 30.7 Å². The molecular formula is C13H15ClN4O2. The molecule has 0 bridgehead atoms. The van der Waals surface area contributed by atoms with Crippen LogP contribution in [0.25, 0.3) is 11.5 Å². The molecule has 0 amide bonds. The van der Waals surface area contributed by atoms with Crippen molar-refractivity contribution in [2.75, 3.05) is 18.0 Å². The molecule has 0 aliphatic carbocycles. The predicted molar refractivity (Wildman–Crippen MR) is 75.6 cm³/mol. The zero-order valence-corrected chi connectivity index (χ0v) is 11.5. The van der Waals surface area contributed by atoms with Crippen LogP contribution >= 0.6 is 11.6 Å². The Morgan fingerprint density at radius 3 is 2.75 bits per heavy atom. The molecule has 3 N–H and O–H groups in total. The van der Waals surface area contributed by atoms with Crippen molar-refractivity contribution in [1.29, 1.82) is 0 Å². The van der Waals surface area contributed by atoms with E-state index in [4.69, 9.17) is 21.8 Å². The van der Waals surface area contributed by atoms with Gasteiger partial charge in [-0.15, -0.1) is 5.10 Å². The summed E-state index contributed by atoms with van der Waals surface area (Å²) in [7, 11) is 0. The number of benzene rings is 1. The van der Waals surface area contributed by atoms with Gasteiger partial charge < -0.3 is 20.2 Å². The lowest BCUT2D eigenvalue weighted by atomic mass is 10.0. The summed E-state index contributed by atoms with van der Waals surface area (Å²) in [4.78, 5) is 1.85. The van der Waals surface area contributed by atoms with E-state index in [1.54, 1.807) is 12.1 Å². The third-order valence-electron chi connectivity index (χ3n) is 3.41. The second kappa shape index (κ2) is 5.40. The molecule has 0 spiro atoms. The maximum Gasteiger partial charge on any atom is 0.318 e. The van der Waals surface area contributed by atoms with Crippen molar-refractivity contribution in [3.63, 3.8) is 0 Å². The van der Waals surface area contributed by atoms with Gasteiger partial charge in [-0.1, -0.05) is 16.7 Å². The lowest BCUT2D eigenvalue weighted by molar-refractivity contribution is 0.130. The van der Waals surface area contributed by atoms with Gasteiger partial charge >= 0.3 is 6.01 Å². The highest BCUT2D eigenvalue weighted by molar-refractivity contribution is 6.30. The highest BCUT2D eigenvalue weighted by Gasteiger charge is 2.27. The van der Waals surface area contributed by atoms with E-state index in [1.165, 1.54) is 0 Å². The lowest BCUT2D eigenvalue weighted by Crippen LogP contribution is -2.50. The maximum atomic E-state index is 9.79. The molecule has 0 unspecified atom stereocenters. The summed E-state index contributed by atoms with van der Waals surface area (Å²) in [5.41, 5.74) is 6.58. The van der Waals surface area contributed by atoms with E-state index in [-0.39, 0.29) is 6.04 Å². The summed E-state index contributed by atoms with van der Waals surface area (Å²) >= 11 is 5.84. The number of rotatable bonds is 2. The zero-order chi connectivity index (χ0) is 14.1. The molecule has 106 valence electrons. The Labute approximate surface area is 121 Å². The van der Waals surface area contributed by atoms with Gasteiger partial charge in [-0.25, -0.2) is 0 Å². The van der Waals surface area contributed by atoms with Crippen LogP contribution in [0.5, 0.6) is 0 Å². The van der Waals surface area contributed by atoms with Gasteiger partial charge in [0.05, 0.1) is 6.10 Å². The second-order valence-corrected chi connectivity index (χ2v) is 5.30. The fraction of sp³-hybridized carbons (Fsp3) is 0.385. The molecule has 1 aliphatic heterocycles. The van der Waals surface area contributed by atoms with E-state index < -0.39 is 6.10 Å². The molecular weight excluding hydrogens is 280 g/mol. The Bertz CT molecular complexity index is 586. The van der Waals surface area contributed by atoms with Gasteiger partial charge in [-0.3, -0.25) is 0 Å². The number of piperidine rings is 1. The van der Waals surface area contributed by atoms with Crippen LogP contribution < -0.4 is 10.6 Å². The summed E-state index contributed by atoms with van der Waals surface area (Å²) in [6.45, 7) is 1.10. The molecule has 1 aromatic heterocycles. The van der Waals surface area contributed by atoms with Crippen LogP contribution in [0.3, 0.4) is 0 Å². The van der Waals surface area contributed by atoms with Crippen molar-refractivity contribution in [1.82, 2.24) is 10.2 Å². The fourth-order valence-electron chi connectivity index (χ4n) is 2.18. The van der Waals surface area contributed by atoms with Gasteiger partial charge in [0.15, 0.2) is 0 Å². The molecule has 20 heavy (non-hydrogen) atoms. The number of β-amino-alcohol motifs (C(OH)–C–C–N with tert-alkyl or cyclic N) is 1. The van der Waals surface area contributed by atoms with E-state index in [1.807, 2.05) is 17.0 Å². The molecule has 1 fully saturated rings. The Morgan fingerprint density at radius 2 is 2.05 bits per heavy atom. The SMILES string of the molecule is N[C@@H]1CCN(c2nnc(-c3ccc(Cl)cc3)o2)C[C@H]1O. The summed E-state index contributed by atoms with van der Waals surface area (Å²) in [5.74, 6) is 0.432. The molecule has 2 atom stereocenters. The Hall–Kier alpha value is -1.63. The predicted octanol–water partition coefficient (Wildman–Crippen LogP) is 1.29. The first-order valence-electron chi connectivity index (χ1n) is 6.41. The first-order valence-corrected chi connectivity index (χ1v) is 6.79. The number of nitrogens with zero attached hydrogens (tertiary/aromatic N) is 3. The van der Waals surface area contributed by atoms with Gasteiger partial charge in [0.1, 0.15) is 0 Å². The Morgan fingerprint density at radius 1 is 1.30 bits per heavy atom. The monoisotopic (exact) mass is 294 g/mol. The summed E-state index contributed by atoms with van der Waals surface area (Å²) < 4.78 is 5.64. The van der Waals surface area contributed by atoms with Crippen LogP contribution in [-0.4, -0.2) is 40.5 Å². The number of halogens is 1. The van der Waals surface area contributed by atoms with Crippen molar-refractivity contribution in [2.24, 2.45) is 5.73 Å². The number of nitrogens with two attached hydrogens (primary N) is 1. The number of aliphatic hydroxyl groups is 1. The van der Waals surface area contributed by atoms with Crippen LogP contribution in [0.1, 0.15) is 6.42 Å². The van der Waals surface area contributed by atoms with Gasteiger partial charge in [0, 0.05) is 29.7 Å². The minimum absolute atomic E-state index is 0.190. The topological polar surface area (TPSA) is 88.4 Å². The molecule has 0 saturated carbocycles. The third-order valence-corrected chi connectivity index (χ3v) is 3.66. The highest BCUT2D eigenvalue weighted by atomic mass is 35.5. The van der Waals surface area contributed by atoms with E-state index in [0.29, 0.717) is 36.4 Å². The number of aliphatic hydroxyl groups excluding tert-OH is 1. The lowest BCUT2D eigenvalue weighted by Gasteiger charge is -2.32. The van der Waals surface area contributed by atoms with Crippen LogP contribution in [0, 0.1) is 0 Å². The first-order chi connectivity index (χ1) is 9.63. The smallest absolute Gasteiger partial charge is 0.318 e. The maximum absolute atomic E-state index is 9.79. The van der Waals surface area contributed by atoms with Crippen molar-refractivity contribution >= 4 is 17.6 Å². The number of anilines is 1. The fourth-order valence-corrected chi connectivity index (χ4v) is 2.30. The average Bonchev–Trinajstić information content (AvgIpc) is 2.92. The van der Waals surface area contributed by atoms with E-state index in [9.17, 15) is 5.11 Å². The normalized spacial score (nSPS) is 23.1. The van der Waals surface area contributed by atoms with Gasteiger partial charge in [0.25, 0.3) is 0 Å². The Balaban J connectivity index is 1.78. The zero-order valence-electron chi connectivity index (χ0n) is 10.7. The van der Waals surface area contributed by atoms with Gasteiger partial charge in [-0.2, -0.15) is 0 Å². The molecule has 1 aromatic carbocycles. The van der Waals surface area contributed by atoms with E-state index in [0.717, 1.165) is 5.56 Å². The van der Waals surface area contributed by atoms with Crippen molar-refractivity contribution in [3.05, 3.63) is 29.3 Å². The molecule has 2 heterocycles. The molecule has 2 aromatic rings. The number of aromatic nitrogens is 2. The minimum Gasteiger partial charge on any atom is -0.403 e. The highest BCUT2D eigenvalue weighted by Crippen LogP contribution is 2.25. The van der Waals surface area contributed by atoms with Crippen molar-refractivity contribution < 1.29 is 9.52 Å².